The van der Waals surface area contributed by atoms with E-state index < -0.39 is 41.7 Å². The van der Waals surface area contributed by atoms with Crippen molar-refractivity contribution in [3.8, 4) is 0 Å². The molecule has 10 nitrogen and oxygen atoms in total. The minimum Gasteiger partial charge on any atom is -0.466 e. The van der Waals surface area contributed by atoms with Crippen molar-refractivity contribution >= 4 is 29.5 Å². The maximum absolute atomic E-state index is 14.0. The molecule has 1 aromatic rings. The molecule has 3 rings (SSSR count). The maximum atomic E-state index is 14.0. The molecule has 0 aliphatic carbocycles. The Morgan fingerprint density at radius 1 is 1.10 bits per heavy atom. The van der Waals surface area contributed by atoms with Crippen LogP contribution in [0.25, 0.3) is 0 Å². The van der Waals surface area contributed by atoms with Gasteiger partial charge in [-0.3, -0.25) is 14.5 Å². The van der Waals surface area contributed by atoms with Crippen LogP contribution in [0.5, 0.6) is 0 Å². The second-order valence-corrected chi connectivity index (χ2v) is 6.72. The van der Waals surface area contributed by atoms with Gasteiger partial charge in [0.1, 0.15) is 28.9 Å². The molecule has 0 aromatic heterocycles. The fraction of sp³-hybridized carbons (Fsp3) is 0.333. The number of hydrogen-bond donors (Lipinski definition) is 1. The number of carbonyl (C=O) groups excluding carboxylic acids is 4. The lowest BCUT2D eigenvalue weighted by Gasteiger charge is -2.35. The second kappa shape index (κ2) is 8.13. The smallest absolute Gasteiger partial charge is 0.340 e. The molecule has 0 bridgehead atoms. The molecule has 164 valence electrons. The van der Waals surface area contributed by atoms with E-state index in [9.17, 15) is 19.2 Å². The highest BCUT2D eigenvalue weighted by Gasteiger charge is 2.64. The minimum absolute atomic E-state index is 0.0156. The lowest BCUT2D eigenvalue weighted by molar-refractivity contribution is -0.142. The van der Waals surface area contributed by atoms with E-state index in [1.165, 1.54) is 6.92 Å². The first-order chi connectivity index (χ1) is 14.7. The van der Waals surface area contributed by atoms with Crippen molar-refractivity contribution in [3.05, 3.63) is 52.6 Å². The largest absolute Gasteiger partial charge is 0.466 e. The normalized spacial score (nSPS) is 19.9. The highest BCUT2D eigenvalue weighted by atomic mass is 16.5. The summed E-state index contributed by atoms with van der Waals surface area (Å²) in [6, 6.07) is 6.44. The second-order valence-electron chi connectivity index (χ2n) is 6.72. The Kier molecular flexibility index (Phi) is 5.74. The molecule has 1 spiro atoms. The Hall–Kier alpha value is -3.82. The number of anilines is 1. The number of esters is 3. The van der Waals surface area contributed by atoms with Crippen molar-refractivity contribution in [2.75, 3.05) is 32.3 Å². The number of rotatable bonds is 5. The first-order valence-electron chi connectivity index (χ1n) is 9.38. The van der Waals surface area contributed by atoms with E-state index in [0.29, 0.717) is 5.69 Å². The summed E-state index contributed by atoms with van der Waals surface area (Å²) in [5.41, 5.74) is 3.98. The zero-order chi connectivity index (χ0) is 22.9. The van der Waals surface area contributed by atoms with E-state index in [1.54, 1.807) is 31.2 Å². The van der Waals surface area contributed by atoms with Gasteiger partial charge in [-0.2, -0.15) is 0 Å². The summed E-state index contributed by atoms with van der Waals surface area (Å²) in [7, 11) is 2.25. The Bertz CT molecular complexity index is 1000. The molecule has 0 radical (unpaired) electrons. The number of fused-ring (bicyclic) bond motifs is 2. The number of benzene rings is 1. The van der Waals surface area contributed by atoms with E-state index in [-0.39, 0.29) is 29.1 Å². The van der Waals surface area contributed by atoms with Crippen molar-refractivity contribution in [2.24, 2.45) is 5.73 Å². The van der Waals surface area contributed by atoms with Gasteiger partial charge in [-0.25, -0.2) is 9.59 Å². The number of methoxy groups -OCH3 is 2. The fourth-order valence-electron chi connectivity index (χ4n) is 4.02. The number of nitrogens with two attached hydrogens (primary N) is 1. The van der Waals surface area contributed by atoms with Crippen LogP contribution in [0.4, 0.5) is 5.69 Å². The van der Waals surface area contributed by atoms with Gasteiger partial charge in [-0.15, -0.1) is 0 Å². The molecule has 0 saturated carbocycles. The third-order valence-corrected chi connectivity index (χ3v) is 5.15. The number of nitrogens with zero attached hydrogens (tertiary/aromatic N) is 1. The molecule has 1 atom stereocenters. The average Bonchev–Trinajstić information content (AvgIpc) is 2.96. The van der Waals surface area contributed by atoms with E-state index in [2.05, 4.69) is 0 Å². The van der Waals surface area contributed by atoms with Gasteiger partial charge in [-0.05, 0) is 19.9 Å². The molecule has 31 heavy (non-hydrogen) atoms. The SMILES string of the molecule is CCOC(=O)CN1C(=O)[C@]2(C(C(=O)OC)=C(C)OC(N)=C2C(=O)OC)c2ccccc21. The van der Waals surface area contributed by atoms with E-state index in [4.69, 9.17) is 24.7 Å². The monoisotopic (exact) mass is 430 g/mol. The van der Waals surface area contributed by atoms with E-state index >= 15 is 0 Å². The molecule has 2 aliphatic heterocycles. The highest BCUT2D eigenvalue weighted by Crippen LogP contribution is 2.54. The van der Waals surface area contributed by atoms with E-state index in [0.717, 1.165) is 19.1 Å². The summed E-state index contributed by atoms with van der Waals surface area (Å²) in [5, 5.41) is 0. The number of allylic oxidation sites excluding steroid dienone is 1. The predicted octanol–water partition coefficient (Wildman–Crippen LogP) is 0.655. The Morgan fingerprint density at radius 3 is 2.32 bits per heavy atom. The van der Waals surface area contributed by atoms with Crippen LogP contribution in [-0.4, -0.2) is 51.2 Å². The van der Waals surface area contributed by atoms with Crippen molar-refractivity contribution in [1.82, 2.24) is 0 Å². The molecule has 1 aromatic carbocycles. The Labute approximate surface area is 178 Å². The van der Waals surface area contributed by atoms with Crippen molar-refractivity contribution in [1.29, 1.82) is 0 Å². The Morgan fingerprint density at radius 2 is 1.71 bits per heavy atom. The first-order valence-corrected chi connectivity index (χ1v) is 9.38. The van der Waals surface area contributed by atoms with Crippen molar-refractivity contribution in [3.63, 3.8) is 0 Å². The zero-order valence-corrected chi connectivity index (χ0v) is 17.5. The van der Waals surface area contributed by atoms with Gasteiger partial charge in [-0.1, -0.05) is 18.2 Å². The average molecular weight is 430 g/mol. The summed E-state index contributed by atoms with van der Waals surface area (Å²) in [6.45, 7) is 2.75. The van der Waals surface area contributed by atoms with Crippen LogP contribution >= 0.6 is 0 Å². The minimum atomic E-state index is -2.02. The van der Waals surface area contributed by atoms with Gasteiger partial charge in [0.15, 0.2) is 0 Å². The summed E-state index contributed by atoms with van der Waals surface area (Å²) < 4.78 is 20.2. The van der Waals surface area contributed by atoms with Gasteiger partial charge in [0, 0.05) is 11.3 Å². The van der Waals surface area contributed by atoms with Crippen LogP contribution in [0.1, 0.15) is 19.4 Å². The molecule has 0 unspecified atom stereocenters. The number of para-hydroxylation sites is 1. The zero-order valence-electron chi connectivity index (χ0n) is 17.5. The molecule has 2 aliphatic rings. The van der Waals surface area contributed by atoms with Gasteiger partial charge in [0.2, 0.25) is 11.8 Å². The van der Waals surface area contributed by atoms with Crippen LogP contribution in [0.2, 0.25) is 0 Å². The number of carbonyl (C=O) groups is 4. The lowest BCUT2D eigenvalue weighted by Crippen LogP contribution is -2.51. The number of hydrogen-bond acceptors (Lipinski definition) is 9. The van der Waals surface area contributed by atoms with Crippen molar-refractivity contribution in [2.45, 2.75) is 19.3 Å². The molecule has 10 heteroatoms. The van der Waals surface area contributed by atoms with Crippen LogP contribution in [0.3, 0.4) is 0 Å². The van der Waals surface area contributed by atoms with Gasteiger partial charge in [0.25, 0.3) is 0 Å². The quantitative estimate of drug-likeness (QED) is 0.528. The van der Waals surface area contributed by atoms with Crippen LogP contribution in [-0.2, 0) is 43.5 Å². The lowest BCUT2D eigenvalue weighted by atomic mass is 9.67. The van der Waals surface area contributed by atoms with Gasteiger partial charge in [0.05, 0.1) is 20.8 Å². The summed E-state index contributed by atoms with van der Waals surface area (Å²) in [4.78, 5) is 53.0. The topological polar surface area (TPSA) is 134 Å². The fourth-order valence-corrected chi connectivity index (χ4v) is 4.02. The van der Waals surface area contributed by atoms with E-state index in [1.807, 2.05) is 0 Å². The molecule has 0 fully saturated rings. The standard InChI is InChI=1S/C21H22N2O8/c1-5-30-14(24)10-23-13-9-7-6-8-12(13)21(20(23)27)15(18(25)28-3)11(2)31-17(22)16(21)19(26)29-4/h6-9H,5,10,22H2,1-4H3/t21-/m0/s1. The highest BCUT2D eigenvalue weighted by molar-refractivity contribution is 6.23. The third-order valence-electron chi connectivity index (χ3n) is 5.15. The molecule has 0 saturated heterocycles. The van der Waals surface area contributed by atoms with Crippen LogP contribution < -0.4 is 10.6 Å². The third kappa shape index (κ3) is 3.11. The molecular formula is C21H22N2O8. The predicted molar refractivity (Wildman–Crippen MR) is 106 cm³/mol. The number of amides is 1. The first kappa shape index (κ1) is 21.9. The summed E-state index contributed by atoms with van der Waals surface area (Å²) in [5.74, 6) is -3.68. The molecule has 2 N–H and O–H groups in total. The van der Waals surface area contributed by atoms with Crippen molar-refractivity contribution < 1.29 is 38.1 Å². The summed E-state index contributed by atoms with van der Waals surface area (Å²) >= 11 is 0. The molecule has 1 amide bonds. The van der Waals surface area contributed by atoms with Crippen LogP contribution in [0, 0.1) is 0 Å². The number of ether oxygens (including phenoxy) is 4. The Balaban J connectivity index is 2.38. The van der Waals surface area contributed by atoms with Gasteiger partial charge < -0.3 is 24.7 Å². The van der Waals surface area contributed by atoms with Crippen LogP contribution in [0.15, 0.2) is 47.1 Å². The molecule has 2 heterocycles. The molecular weight excluding hydrogens is 408 g/mol. The summed E-state index contributed by atoms with van der Waals surface area (Å²) in [6.07, 6.45) is 0. The maximum Gasteiger partial charge on any atom is 0.340 e. The van der Waals surface area contributed by atoms with Gasteiger partial charge >= 0.3 is 17.9 Å².